The van der Waals surface area contributed by atoms with Crippen LogP contribution in [-0.2, 0) is 19.5 Å². The van der Waals surface area contributed by atoms with Crippen molar-refractivity contribution in [3.8, 4) is 0 Å². The Balaban J connectivity index is 1.98. The van der Waals surface area contributed by atoms with E-state index in [1.54, 1.807) is 0 Å². The van der Waals surface area contributed by atoms with Crippen LogP contribution in [0.5, 0.6) is 0 Å². The molecule has 6 heteroatoms. The minimum absolute atomic E-state index is 0.733. The van der Waals surface area contributed by atoms with Gasteiger partial charge in [0.05, 0.1) is 12.2 Å². The Bertz CT molecular complexity index is 497. The Morgan fingerprint density at radius 3 is 2.61 bits per heavy atom. The number of H-pyrrole nitrogens is 1. The smallest absolute Gasteiger partial charge is 0.150 e. The maximum Gasteiger partial charge on any atom is 0.150 e. The van der Waals surface area contributed by atoms with E-state index >= 15 is 0 Å². The van der Waals surface area contributed by atoms with Gasteiger partial charge in [-0.25, -0.2) is 4.98 Å². The van der Waals surface area contributed by atoms with E-state index in [4.69, 9.17) is 4.52 Å². The molecule has 6 nitrogen and oxygen atoms in total. The van der Waals surface area contributed by atoms with Crippen LogP contribution in [0.2, 0.25) is 0 Å². The van der Waals surface area contributed by atoms with Gasteiger partial charge in [0.1, 0.15) is 17.4 Å². The molecule has 0 amide bonds. The summed E-state index contributed by atoms with van der Waals surface area (Å²) in [5.41, 5.74) is 2.10. The molecular formula is C12H19N5O. The van der Waals surface area contributed by atoms with E-state index in [2.05, 4.69) is 25.2 Å². The molecule has 2 rings (SSSR count). The van der Waals surface area contributed by atoms with Crippen LogP contribution >= 0.6 is 0 Å². The number of aryl methyl sites for hydroxylation is 3. The van der Waals surface area contributed by atoms with Crippen molar-refractivity contribution < 1.29 is 4.52 Å². The van der Waals surface area contributed by atoms with E-state index in [9.17, 15) is 0 Å². The van der Waals surface area contributed by atoms with Crippen molar-refractivity contribution in [2.45, 2.75) is 40.3 Å². The fourth-order valence-corrected chi connectivity index (χ4v) is 1.87. The van der Waals surface area contributed by atoms with Gasteiger partial charge in [0, 0.05) is 18.5 Å². The molecule has 0 fully saturated rings. The lowest BCUT2D eigenvalue weighted by molar-refractivity contribution is 0.307. The third-order valence-corrected chi connectivity index (χ3v) is 2.92. The maximum atomic E-state index is 5.16. The summed E-state index contributed by atoms with van der Waals surface area (Å²) < 4.78 is 5.16. The van der Waals surface area contributed by atoms with Crippen molar-refractivity contribution in [3.63, 3.8) is 0 Å². The molecule has 18 heavy (non-hydrogen) atoms. The lowest BCUT2D eigenvalue weighted by Gasteiger charge is -2.14. The fourth-order valence-electron chi connectivity index (χ4n) is 1.87. The minimum Gasteiger partial charge on any atom is -0.361 e. The first-order valence-electron chi connectivity index (χ1n) is 6.10. The molecule has 0 aliphatic rings. The van der Waals surface area contributed by atoms with Crippen molar-refractivity contribution in [1.29, 1.82) is 0 Å². The van der Waals surface area contributed by atoms with E-state index in [0.717, 1.165) is 48.2 Å². The number of aromatic nitrogens is 4. The largest absolute Gasteiger partial charge is 0.361 e. The van der Waals surface area contributed by atoms with E-state index in [1.165, 1.54) is 0 Å². The van der Waals surface area contributed by atoms with Crippen LogP contribution in [0.3, 0.4) is 0 Å². The highest BCUT2D eigenvalue weighted by molar-refractivity contribution is 5.20. The minimum atomic E-state index is 0.733. The summed E-state index contributed by atoms with van der Waals surface area (Å²) >= 11 is 0. The highest BCUT2D eigenvalue weighted by Gasteiger charge is 2.12. The number of hydrogen-bond donors (Lipinski definition) is 1. The molecule has 0 bridgehead atoms. The van der Waals surface area contributed by atoms with E-state index in [0.29, 0.717) is 0 Å². The van der Waals surface area contributed by atoms with Crippen LogP contribution < -0.4 is 0 Å². The van der Waals surface area contributed by atoms with Gasteiger partial charge in [0.2, 0.25) is 0 Å². The average molecular weight is 249 g/mol. The van der Waals surface area contributed by atoms with Crippen molar-refractivity contribution in [3.05, 3.63) is 28.7 Å². The summed E-state index contributed by atoms with van der Waals surface area (Å²) in [7, 11) is 2.04. The van der Waals surface area contributed by atoms with Gasteiger partial charge in [0.25, 0.3) is 0 Å². The van der Waals surface area contributed by atoms with Crippen molar-refractivity contribution in [2.24, 2.45) is 0 Å². The average Bonchev–Trinajstić information content (AvgIpc) is 2.91. The van der Waals surface area contributed by atoms with Gasteiger partial charge in [-0.1, -0.05) is 12.1 Å². The predicted molar refractivity (Wildman–Crippen MR) is 66.9 cm³/mol. The molecule has 0 aliphatic heterocycles. The van der Waals surface area contributed by atoms with Gasteiger partial charge < -0.3 is 4.52 Å². The molecule has 0 radical (unpaired) electrons. The zero-order chi connectivity index (χ0) is 13.1. The van der Waals surface area contributed by atoms with Crippen LogP contribution in [0, 0.1) is 13.8 Å². The second kappa shape index (κ2) is 5.30. The molecule has 1 N–H and O–H groups in total. The zero-order valence-corrected chi connectivity index (χ0v) is 11.3. The summed E-state index contributed by atoms with van der Waals surface area (Å²) in [4.78, 5) is 6.55. The van der Waals surface area contributed by atoms with Gasteiger partial charge >= 0.3 is 0 Å². The van der Waals surface area contributed by atoms with E-state index in [-0.39, 0.29) is 0 Å². The Morgan fingerprint density at radius 1 is 1.28 bits per heavy atom. The van der Waals surface area contributed by atoms with Gasteiger partial charge in [-0.2, -0.15) is 5.10 Å². The van der Waals surface area contributed by atoms with Crippen molar-refractivity contribution in [2.75, 3.05) is 7.05 Å². The van der Waals surface area contributed by atoms with Gasteiger partial charge in [-0.05, 0) is 20.9 Å². The molecule has 0 saturated heterocycles. The maximum absolute atomic E-state index is 5.16. The highest BCUT2D eigenvalue weighted by atomic mass is 16.5. The quantitative estimate of drug-likeness (QED) is 0.871. The van der Waals surface area contributed by atoms with Gasteiger partial charge in [0.15, 0.2) is 0 Å². The first kappa shape index (κ1) is 12.8. The van der Waals surface area contributed by atoms with Gasteiger partial charge in [-0.15, -0.1) is 0 Å². The number of nitrogens with one attached hydrogen (secondary N) is 1. The van der Waals surface area contributed by atoms with E-state index in [1.807, 2.05) is 27.8 Å². The molecule has 0 aliphatic carbocycles. The molecule has 0 saturated carbocycles. The second-order valence-corrected chi connectivity index (χ2v) is 4.53. The summed E-state index contributed by atoms with van der Waals surface area (Å²) in [5.74, 6) is 2.63. The number of aromatic amines is 1. The molecule has 0 aromatic carbocycles. The van der Waals surface area contributed by atoms with Crippen LogP contribution in [0.4, 0.5) is 0 Å². The summed E-state index contributed by atoms with van der Waals surface area (Å²) in [6, 6.07) is 0. The van der Waals surface area contributed by atoms with Crippen LogP contribution in [0.15, 0.2) is 4.52 Å². The standard InChI is InChI=1S/C12H19N5O/c1-5-11-13-12(15-14-11)7-17(4)6-10-8(2)16-18-9(10)3/h5-7H2,1-4H3,(H,13,14,15). The predicted octanol–water partition coefficient (Wildman–Crippen LogP) is 1.60. The summed E-state index contributed by atoms with van der Waals surface area (Å²) in [6.07, 6.45) is 0.851. The first-order valence-corrected chi connectivity index (χ1v) is 6.10. The third-order valence-electron chi connectivity index (χ3n) is 2.92. The monoisotopic (exact) mass is 249 g/mol. The second-order valence-electron chi connectivity index (χ2n) is 4.53. The number of hydrogen-bond acceptors (Lipinski definition) is 5. The molecule has 2 heterocycles. The molecule has 0 unspecified atom stereocenters. The molecule has 2 aromatic heterocycles. The van der Waals surface area contributed by atoms with Crippen molar-refractivity contribution >= 4 is 0 Å². The van der Waals surface area contributed by atoms with Crippen molar-refractivity contribution in [1.82, 2.24) is 25.2 Å². The Labute approximate surface area is 106 Å². The fraction of sp³-hybridized carbons (Fsp3) is 0.583. The summed E-state index contributed by atoms with van der Waals surface area (Å²) in [6.45, 7) is 7.47. The van der Waals surface area contributed by atoms with E-state index < -0.39 is 0 Å². The number of rotatable bonds is 5. The van der Waals surface area contributed by atoms with Crippen LogP contribution in [0.1, 0.15) is 35.6 Å². The van der Waals surface area contributed by atoms with Crippen LogP contribution in [-0.4, -0.2) is 32.3 Å². The topological polar surface area (TPSA) is 70.8 Å². The Kier molecular flexibility index (Phi) is 3.76. The zero-order valence-electron chi connectivity index (χ0n) is 11.3. The number of nitrogens with zero attached hydrogens (tertiary/aromatic N) is 4. The molecule has 2 aromatic rings. The highest BCUT2D eigenvalue weighted by Crippen LogP contribution is 2.14. The Morgan fingerprint density at radius 2 is 2.06 bits per heavy atom. The third kappa shape index (κ3) is 2.76. The molecule has 98 valence electrons. The molecular weight excluding hydrogens is 230 g/mol. The van der Waals surface area contributed by atoms with Crippen LogP contribution in [0.25, 0.3) is 0 Å². The lowest BCUT2D eigenvalue weighted by atomic mass is 10.2. The first-order chi connectivity index (χ1) is 8.60. The molecule has 0 atom stereocenters. The van der Waals surface area contributed by atoms with Gasteiger partial charge in [-0.3, -0.25) is 10.00 Å². The normalized spacial score (nSPS) is 11.4. The SMILES string of the molecule is CCc1n[nH]c(CN(C)Cc2c(C)noc2C)n1. The molecule has 0 spiro atoms. The summed E-state index contributed by atoms with van der Waals surface area (Å²) in [5, 5.41) is 11.0. The lowest BCUT2D eigenvalue weighted by Crippen LogP contribution is -2.18. The Hall–Kier alpha value is -1.69.